The van der Waals surface area contributed by atoms with Crippen LogP contribution in [0.25, 0.3) is 0 Å². The maximum atomic E-state index is 12.5. The first-order valence-corrected chi connectivity index (χ1v) is 49.2. The van der Waals surface area contributed by atoms with Gasteiger partial charge in [0.2, 0.25) is 0 Å². The molecule has 0 atom stereocenters. The summed E-state index contributed by atoms with van der Waals surface area (Å²) in [5.41, 5.74) is 4.71. The Morgan fingerprint density at radius 1 is 0.170 bits per heavy atom. The third kappa shape index (κ3) is 23.1. The monoisotopic (exact) mass is 1530 g/mol. The van der Waals surface area contributed by atoms with E-state index < -0.39 is 23.7 Å². The van der Waals surface area contributed by atoms with Gasteiger partial charge in [0.15, 0.2) is 0 Å². The molecule has 4 aromatic carbocycles. The van der Waals surface area contributed by atoms with E-state index in [1.807, 2.05) is 24.3 Å². The number of phenols is 8. The fourth-order valence-corrected chi connectivity index (χ4v) is 26.9. The fraction of sp³-hybridized carbons (Fsp3) is 0.760. The van der Waals surface area contributed by atoms with Crippen LogP contribution >= 0.6 is 0 Å². The number of phenolic OH excluding ortho intramolecular Hbond substituents is 8. The first-order valence-electron chi connectivity index (χ1n) is 49.2. The van der Waals surface area contributed by atoms with Crippen LogP contribution in [0.1, 0.15) is 453 Å². The summed E-state index contributed by atoms with van der Waals surface area (Å²) in [6, 6.07) is 13.8. The summed E-state index contributed by atoms with van der Waals surface area (Å²) >= 11 is 0. The predicted molar refractivity (Wildman–Crippen MR) is 476 cm³/mol. The van der Waals surface area contributed by atoms with Crippen LogP contribution < -0.4 is 0 Å². The van der Waals surface area contributed by atoms with Gasteiger partial charge in [-0.05, 0) is 49.9 Å². The third-order valence-electron chi connectivity index (χ3n) is 32.9. The van der Waals surface area contributed by atoms with Gasteiger partial charge in [-0.25, -0.2) is 0 Å². The van der Waals surface area contributed by atoms with Crippen molar-refractivity contribution in [1.29, 1.82) is 0 Å². The Labute approximate surface area is 683 Å². The highest BCUT2D eigenvalue weighted by molar-refractivity contribution is 6.64. The molecule has 8 fully saturated rings. The summed E-state index contributed by atoms with van der Waals surface area (Å²) in [7, 11) is 0. The second-order valence-electron chi connectivity index (χ2n) is 39.9. The SMILES string of the molecule is Oc1cc(O)c2cc1C(CCCCCCCCCCB1C3CCCC1CCC3)c1cc(c(O)cc1O)C(CCCCCCCCCCB1C3CCCC1CCC3)c1cc(c(O)cc1O)C(CCCCCCCCCCB1C3CCCC1CCC3)c1cc(c(O)cc1O)C2CCCCCCCCCCB1C2CCCC1CCC2. The Morgan fingerprint density at radius 2 is 0.295 bits per heavy atom. The number of unbranched alkanes of at least 4 members (excludes halogenated alkanes) is 28. The van der Waals surface area contributed by atoms with Gasteiger partial charge in [-0.15, -0.1) is 0 Å². The zero-order valence-electron chi connectivity index (χ0n) is 70.7. The Morgan fingerprint density at radius 3 is 0.438 bits per heavy atom. The molecule has 616 valence electrons. The molecule has 0 unspecified atom stereocenters. The third-order valence-corrected chi connectivity index (χ3v) is 32.9. The number of aromatic hydroxyl groups is 8. The molecule has 8 nitrogen and oxygen atoms in total. The van der Waals surface area contributed by atoms with Gasteiger partial charge in [0.25, 0.3) is 0 Å². The van der Waals surface area contributed by atoms with Crippen molar-refractivity contribution in [3.05, 3.63) is 93.0 Å². The Kier molecular flexibility index (Phi) is 33.8. The van der Waals surface area contributed by atoms with Crippen molar-refractivity contribution < 1.29 is 40.9 Å². The molecule has 8 saturated heterocycles. The number of fused-ring (bicyclic) bond motifs is 16. The van der Waals surface area contributed by atoms with Crippen LogP contribution in [0.4, 0.5) is 0 Å². The van der Waals surface area contributed by atoms with Gasteiger partial charge in [0.1, 0.15) is 72.8 Å². The Bertz CT molecular complexity index is 2830. The van der Waals surface area contributed by atoms with Gasteiger partial charge < -0.3 is 40.9 Å². The number of rotatable bonds is 44. The van der Waals surface area contributed by atoms with E-state index in [0.717, 1.165) is 150 Å². The molecule has 9 aliphatic rings. The highest BCUT2D eigenvalue weighted by Crippen LogP contribution is 2.56. The lowest BCUT2D eigenvalue weighted by atomic mass is 9.26. The van der Waals surface area contributed by atoms with Crippen molar-refractivity contribution in [3.63, 3.8) is 0 Å². The molecule has 0 aromatic heterocycles. The van der Waals surface area contributed by atoms with E-state index in [1.54, 1.807) is 0 Å². The zero-order valence-corrected chi connectivity index (χ0v) is 70.7. The van der Waals surface area contributed by atoms with Crippen LogP contribution in [-0.4, -0.2) is 67.7 Å². The molecule has 0 saturated carbocycles. The molecule has 4 aromatic rings. The van der Waals surface area contributed by atoms with E-state index in [2.05, 4.69) is 0 Å². The van der Waals surface area contributed by atoms with Gasteiger partial charge in [0, 0.05) is 92.4 Å². The van der Waals surface area contributed by atoms with Crippen LogP contribution in [0, 0.1) is 0 Å². The molecule has 8 heterocycles. The van der Waals surface area contributed by atoms with E-state index in [4.69, 9.17) is 0 Å². The number of benzene rings is 4. The molecular formula is C100H156B4O8. The Hall–Kier alpha value is -4.46. The van der Waals surface area contributed by atoms with E-state index in [0.29, 0.717) is 70.2 Å². The minimum Gasteiger partial charge on any atom is -0.508 e. The summed E-state index contributed by atoms with van der Waals surface area (Å²) in [5.74, 6) is 5.21. The normalized spacial score (nSPS) is 25.6. The fourth-order valence-electron chi connectivity index (χ4n) is 26.9. The predicted octanol–water partition coefficient (Wildman–Crippen LogP) is 30.6. The van der Waals surface area contributed by atoms with Crippen LogP contribution in [0.5, 0.6) is 46.0 Å². The maximum absolute atomic E-state index is 12.5. The van der Waals surface area contributed by atoms with Crippen LogP contribution in [0.15, 0.2) is 48.5 Å². The first-order chi connectivity index (χ1) is 54.9. The van der Waals surface area contributed by atoms with Crippen LogP contribution in [-0.2, 0) is 0 Å². The average molecular weight is 1530 g/mol. The molecule has 112 heavy (non-hydrogen) atoms. The summed E-state index contributed by atoms with van der Waals surface area (Å²) in [6.45, 7) is 3.88. The lowest BCUT2D eigenvalue weighted by Crippen LogP contribution is -2.34. The van der Waals surface area contributed by atoms with Gasteiger partial charge in [0.05, 0.1) is 0 Å². The van der Waals surface area contributed by atoms with Crippen LogP contribution in [0.2, 0.25) is 71.8 Å². The highest BCUT2D eigenvalue weighted by atomic mass is 16.3. The molecule has 13 rings (SSSR count). The van der Waals surface area contributed by atoms with Crippen molar-refractivity contribution >= 4 is 26.9 Å². The van der Waals surface area contributed by atoms with E-state index in [9.17, 15) is 40.9 Å². The van der Waals surface area contributed by atoms with Crippen molar-refractivity contribution in [2.75, 3.05) is 0 Å². The van der Waals surface area contributed by atoms with E-state index in [-0.39, 0.29) is 46.0 Å². The quantitative estimate of drug-likeness (QED) is 0.0160. The Balaban J connectivity index is 0.745. The number of hydrogen-bond acceptors (Lipinski definition) is 8. The lowest BCUT2D eigenvalue weighted by Gasteiger charge is -2.40. The topological polar surface area (TPSA) is 162 Å². The van der Waals surface area contributed by atoms with Gasteiger partial charge in [-0.2, -0.15) is 0 Å². The molecule has 1 aliphatic carbocycles. The molecule has 8 N–H and O–H groups in total. The van der Waals surface area contributed by atoms with E-state index in [1.165, 1.54) is 332 Å². The van der Waals surface area contributed by atoms with Crippen LogP contribution in [0.3, 0.4) is 0 Å². The molecule has 12 heteroatoms. The van der Waals surface area contributed by atoms with Gasteiger partial charge >= 0.3 is 0 Å². The largest absolute Gasteiger partial charge is 0.508 e. The van der Waals surface area contributed by atoms with Gasteiger partial charge in [-0.1, -0.05) is 431 Å². The highest BCUT2D eigenvalue weighted by Gasteiger charge is 2.43. The van der Waals surface area contributed by atoms with Crippen molar-refractivity contribution in [2.45, 2.75) is 481 Å². The minimum atomic E-state index is -0.542. The zero-order chi connectivity index (χ0) is 77.4. The molecular weight excluding hydrogens is 1370 g/mol. The minimum absolute atomic E-state index is 0.0604. The molecule has 16 bridgehead atoms. The van der Waals surface area contributed by atoms with Crippen molar-refractivity contribution in [2.24, 2.45) is 0 Å². The van der Waals surface area contributed by atoms with Crippen molar-refractivity contribution in [1.82, 2.24) is 0 Å². The molecule has 8 aliphatic heterocycles. The smallest absolute Gasteiger partial charge is 0.146 e. The maximum Gasteiger partial charge on any atom is 0.146 e. The average Bonchev–Trinajstić information content (AvgIpc) is 0.752. The molecule has 0 amide bonds. The number of hydrogen-bond donors (Lipinski definition) is 8. The lowest BCUT2D eigenvalue weighted by molar-refractivity contribution is 0.418. The molecule has 0 radical (unpaired) electrons. The standard InChI is InChI=1S/C100H156B4O8/c105-93-69-95(107)87-65-85(93)81(57-25-17-9-1-5-13-21-29-61-101-73-41-33-42-74(101)44-34-43-73)86-66-88(96(108)70-94(86)106)83(59-27-19-11-3-7-15-23-31-63-103-77-49-37-50-78(103)52-38-51-77)90-68-92(100(112)72-98(90)110)84(60-28-20-12-4-8-16-24-32-64-104-79-53-39-54-80(104)56-40-55-79)91-67-89(97(109)71-99(91)111)82(87)58-26-18-10-2-6-14-22-30-62-102-75-45-35-46-76(102)48-36-47-75/h65-84,105-112H,1-64H2. The second-order valence-corrected chi connectivity index (χ2v) is 39.9. The van der Waals surface area contributed by atoms with Gasteiger partial charge in [-0.3, -0.25) is 0 Å². The van der Waals surface area contributed by atoms with E-state index >= 15 is 0 Å². The first kappa shape index (κ1) is 85.4. The second kappa shape index (κ2) is 44.4. The summed E-state index contributed by atoms with van der Waals surface area (Å²) < 4.78 is 0. The summed E-state index contributed by atoms with van der Waals surface area (Å²) in [6.07, 6.45) is 80.2. The van der Waals surface area contributed by atoms with Crippen molar-refractivity contribution in [3.8, 4) is 46.0 Å². The molecule has 0 spiro atoms. The summed E-state index contributed by atoms with van der Waals surface area (Å²) in [4.78, 5) is 0. The summed E-state index contributed by atoms with van der Waals surface area (Å²) in [5, 5.41) is 100.